The van der Waals surface area contributed by atoms with Crippen LogP contribution in [0.2, 0.25) is 0 Å². The Hall–Kier alpha value is -3.33. The van der Waals surface area contributed by atoms with E-state index in [0.29, 0.717) is 23.3 Å². The highest BCUT2D eigenvalue weighted by Gasteiger charge is 2.23. The van der Waals surface area contributed by atoms with Gasteiger partial charge in [0.05, 0.1) is 18.8 Å². The van der Waals surface area contributed by atoms with Crippen LogP contribution in [0.5, 0.6) is 5.75 Å². The molecule has 3 aromatic rings. The molecular formula is C24H27N5O3S. The van der Waals surface area contributed by atoms with Gasteiger partial charge in [-0.3, -0.25) is 9.59 Å². The zero-order valence-corrected chi connectivity index (χ0v) is 19.6. The molecule has 2 heterocycles. The molecule has 4 rings (SSSR count). The van der Waals surface area contributed by atoms with E-state index in [2.05, 4.69) is 21.6 Å². The molecule has 2 amide bonds. The van der Waals surface area contributed by atoms with Crippen LogP contribution in [-0.2, 0) is 29.5 Å². The number of carbonyl (C=O) groups is 2. The Kier molecular flexibility index (Phi) is 7.29. The third-order valence-electron chi connectivity index (χ3n) is 5.43. The average molecular weight is 466 g/mol. The number of benzene rings is 2. The number of anilines is 2. The molecule has 0 spiro atoms. The maximum Gasteiger partial charge on any atom is 0.237 e. The molecule has 33 heavy (non-hydrogen) atoms. The van der Waals surface area contributed by atoms with Crippen molar-refractivity contribution in [1.29, 1.82) is 0 Å². The number of aryl methyl sites for hydroxylation is 1. The topological polar surface area (TPSA) is 89.3 Å². The van der Waals surface area contributed by atoms with Gasteiger partial charge in [-0.15, -0.1) is 10.2 Å². The summed E-state index contributed by atoms with van der Waals surface area (Å²) in [6.45, 7) is 3.24. The van der Waals surface area contributed by atoms with Crippen LogP contribution in [0.15, 0.2) is 53.7 Å². The van der Waals surface area contributed by atoms with Gasteiger partial charge in [0.2, 0.25) is 11.8 Å². The van der Waals surface area contributed by atoms with Crippen LogP contribution < -0.4 is 15.0 Å². The standard InChI is InChI=1S/C24H27N5O3S/c1-3-32-19-12-10-18(11-13-19)25-22(30)15-21-26-27-24(28(21)2)33-16-23(31)29-14-6-8-17-7-4-5-9-20(17)29/h4-5,7,9-13H,3,6,8,14-16H2,1-2H3,(H,25,30). The summed E-state index contributed by atoms with van der Waals surface area (Å²) in [5, 5.41) is 11.8. The summed E-state index contributed by atoms with van der Waals surface area (Å²) in [5.74, 6) is 1.42. The first-order valence-electron chi connectivity index (χ1n) is 11.0. The molecule has 172 valence electrons. The molecule has 0 aliphatic carbocycles. The van der Waals surface area contributed by atoms with Crippen LogP contribution in [0.25, 0.3) is 0 Å². The van der Waals surface area contributed by atoms with Crippen molar-refractivity contribution in [3.05, 3.63) is 59.9 Å². The molecule has 1 aliphatic rings. The molecule has 2 aromatic carbocycles. The summed E-state index contributed by atoms with van der Waals surface area (Å²) < 4.78 is 7.18. The molecule has 0 atom stereocenters. The number of nitrogens with zero attached hydrogens (tertiary/aromatic N) is 4. The van der Waals surface area contributed by atoms with E-state index >= 15 is 0 Å². The fourth-order valence-corrected chi connectivity index (χ4v) is 4.58. The minimum Gasteiger partial charge on any atom is -0.494 e. The molecule has 0 radical (unpaired) electrons. The summed E-state index contributed by atoms with van der Waals surface area (Å²) >= 11 is 1.33. The number of amides is 2. The highest BCUT2D eigenvalue weighted by Crippen LogP contribution is 2.28. The lowest BCUT2D eigenvalue weighted by molar-refractivity contribution is -0.116. The quantitative estimate of drug-likeness (QED) is 0.513. The van der Waals surface area contributed by atoms with Crippen molar-refractivity contribution < 1.29 is 14.3 Å². The van der Waals surface area contributed by atoms with E-state index in [-0.39, 0.29) is 24.0 Å². The highest BCUT2D eigenvalue weighted by atomic mass is 32.2. The van der Waals surface area contributed by atoms with Crippen molar-refractivity contribution in [2.75, 3.05) is 29.1 Å². The van der Waals surface area contributed by atoms with Gasteiger partial charge in [0.15, 0.2) is 5.16 Å². The molecule has 1 N–H and O–H groups in total. The largest absolute Gasteiger partial charge is 0.494 e. The molecule has 0 saturated heterocycles. The van der Waals surface area contributed by atoms with Crippen LogP contribution in [0, 0.1) is 0 Å². The van der Waals surface area contributed by atoms with Gasteiger partial charge in [-0.1, -0.05) is 30.0 Å². The molecule has 1 aromatic heterocycles. The number of hydrogen-bond acceptors (Lipinski definition) is 6. The molecule has 9 heteroatoms. The van der Waals surface area contributed by atoms with Crippen molar-refractivity contribution in [2.24, 2.45) is 7.05 Å². The molecular weight excluding hydrogens is 438 g/mol. The number of hydrogen-bond donors (Lipinski definition) is 1. The van der Waals surface area contributed by atoms with Gasteiger partial charge in [0.25, 0.3) is 0 Å². The van der Waals surface area contributed by atoms with Crippen LogP contribution >= 0.6 is 11.8 Å². The Morgan fingerprint density at radius 3 is 2.70 bits per heavy atom. The normalized spacial score (nSPS) is 12.8. The van der Waals surface area contributed by atoms with Gasteiger partial charge in [0.1, 0.15) is 11.6 Å². The molecule has 0 unspecified atom stereocenters. The first kappa shape index (κ1) is 22.8. The molecule has 0 bridgehead atoms. The number of aromatic nitrogens is 3. The summed E-state index contributed by atoms with van der Waals surface area (Å²) in [6, 6.07) is 15.3. The van der Waals surface area contributed by atoms with E-state index in [1.165, 1.54) is 17.3 Å². The smallest absolute Gasteiger partial charge is 0.237 e. The minimum atomic E-state index is -0.188. The first-order valence-corrected chi connectivity index (χ1v) is 12.0. The number of rotatable bonds is 8. The second kappa shape index (κ2) is 10.5. The van der Waals surface area contributed by atoms with Gasteiger partial charge >= 0.3 is 0 Å². The van der Waals surface area contributed by atoms with Gasteiger partial charge in [-0.25, -0.2) is 0 Å². The van der Waals surface area contributed by atoms with Crippen molar-refractivity contribution >= 4 is 35.0 Å². The fourth-order valence-electron chi connectivity index (χ4n) is 3.77. The van der Waals surface area contributed by atoms with Gasteiger partial charge in [-0.05, 0) is 55.7 Å². The zero-order chi connectivity index (χ0) is 23.2. The van der Waals surface area contributed by atoms with Crippen molar-refractivity contribution in [3.63, 3.8) is 0 Å². The van der Waals surface area contributed by atoms with Crippen LogP contribution in [0.3, 0.4) is 0 Å². The van der Waals surface area contributed by atoms with E-state index < -0.39 is 0 Å². The lowest BCUT2D eigenvalue weighted by atomic mass is 10.0. The van der Waals surface area contributed by atoms with Crippen molar-refractivity contribution in [3.8, 4) is 5.75 Å². The van der Waals surface area contributed by atoms with E-state index in [1.54, 1.807) is 16.7 Å². The Bertz CT molecular complexity index is 1130. The molecule has 1 aliphatic heterocycles. The Morgan fingerprint density at radius 2 is 1.91 bits per heavy atom. The number of fused-ring (bicyclic) bond motifs is 1. The van der Waals surface area contributed by atoms with E-state index in [4.69, 9.17) is 4.74 Å². The van der Waals surface area contributed by atoms with Crippen molar-refractivity contribution in [2.45, 2.75) is 31.3 Å². The maximum absolute atomic E-state index is 12.9. The Balaban J connectivity index is 1.32. The van der Waals surface area contributed by atoms with E-state index in [0.717, 1.165) is 30.8 Å². The molecule has 0 saturated carbocycles. The second-order valence-electron chi connectivity index (χ2n) is 7.71. The summed E-state index contributed by atoms with van der Waals surface area (Å²) in [7, 11) is 1.81. The maximum atomic E-state index is 12.9. The number of carbonyl (C=O) groups excluding carboxylic acids is 2. The van der Waals surface area contributed by atoms with Gasteiger partial charge in [0, 0.05) is 25.0 Å². The SMILES string of the molecule is CCOc1ccc(NC(=O)Cc2nnc(SCC(=O)N3CCCc4ccccc43)n2C)cc1. The van der Waals surface area contributed by atoms with Crippen LogP contribution in [-0.4, -0.2) is 45.5 Å². The van der Waals surface area contributed by atoms with Gasteiger partial charge < -0.3 is 19.5 Å². The Labute approximate surface area is 197 Å². The summed E-state index contributed by atoms with van der Waals surface area (Å²) in [4.78, 5) is 27.2. The summed E-state index contributed by atoms with van der Waals surface area (Å²) in [6.07, 6.45) is 2.05. The first-order chi connectivity index (χ1) is 16.0. The zero-order valence-electron chi connectivity index (χ0n) is 18.8. The highest BCUT2D eigenvalue weighted by molar-refractivity contribution is 7.99. The molecule has 0 fully saturated rings. The fraction of sp³-hybridized carbons (Fsp3) is 0.333. The second-order valence-corrected chi connectivity index (χ2v) is 8.65. The van der Waals surface area contributed by atoms with Crippen LogP contribution in [0.1, 0.15) is 24.7 Å². The monoisotopic (exact) mass is 465 g/mol. The van der Waals surface area contributed by atoms with Gasteiger partial charge in [-0.2, -0.15) is 0 Å². The Morgan fingerprint density at radius 1 is 1.12 bits per heavy atom. The van der Waals surface area contributed by atoms with E-state index in [9.17, 15) is 9.59 Å². The lowest BCUT2D eigenvalue weighted by Crippen LogP contribution is -2.36. The van der Waals surface area contributed by atoms with E-state index in [1.807, 2.05) is 49.2 Å². The third-order valence-corrected chi connectivity index (χ3v) is 6.43. The molecule has 8 nitrogen and oxygen atoms in total. The number of ether oxygens (including phenoxy) is 1. The predicted molar refractivity (Wildman–Crippen MR) is 129 cm³/mol. The average Bonchev–Trinajstić information content (AvgIpc) is 3.17. The minimum absolute atomic E-state index is 0.0462. The number of thioether (sulfide) groups is 1. The van der Waals surface area contributed by atoms with Crippen molar-refractivity contribution in [1.82, 2.24) is 14.8 Å². The lowest BCUT2D eigenvalue weighted by Gasteiger charge is -2.29. The predicted octanol–water partition coefficient (Wildman–Crippen LogP) is 3.47. The number of para-hydroxylation sites is 1. The summed E-state index contributed by atoms with van der Waals surface area (Å²) in [5.41, 5.74) is 2.90. The number of nitrogens with one attached hydrogen (secondary N) is 1. The van der Waals surface area contributed by atoms with Crippen LogP contribution in [0.4, 0.5) is 11.4 Å². The third kappa shape index (κ3) is 5.54.